The van der Waals surface area contributed by atoms with Crippen LogP contribution in [0.4, 0.5) is 5.69 Å². The first-order valence-corrected chi connectivity index (χ1v) is 8.63. The molecule has 0 radical (unpaired) electrons. The molecule has 8 nitrogen and oxygen atoms in total. The Kier molecular flexibility index (Phi) is 4.83. The number of nitro benzene ring substituents is 1. The summed E-state index contributed by atoms with van der Waals surface area (Å²) in [5, 5.41) is 19.8. The lowest BCUT2D eigenvalue weighted by Gasteiger charge is -2.29. The van der Waals surface area contributed by atoms with E-state index in [1.165, 1.54) is 0 Å². The highest BCUT2D eigenvalue weighted by Crippen LogP contribution is 2.30. The SMILES string of the molecule is O=C(O)C1CCCN(S(=O)(=O)c2ccc([N+](=O)[O-])c(Br)c2)C1. The number of aliphatic carboxylic acids is 1. The summed E-state index contributed by atoms with van der Waals surface area (Å²) >= 11 is 2.98. The van der Waals surface area contributed by atoms with E-state index >= 15 is 0 Å². The molecule has 1 aliphatic rings. The maximum atomic E-state index is 12.5. The Hall–Kier alpha value is -1.52. The first-order chi connectivity index (χ1) is 10.2. The van der Waals surface area contributed by atoms with Crippen LogP contribution in [0.5, 0.6) is 0 Å². The Bertz CT molecular complexity index is 720. The van der Waals surface area contributed by atoms with Gasteiger partial charge in [0.1, 0.15) is 0 Å². The number of rotatable bonds is 4. The number of nitro groups is 1. The van der Waals surface area contributed by atoms with Crippen molar-refractivity contribution in [3.8, 4) is 0 Å². The molecule has 0 aromatic heterocycles. The number of carboxylic acid groups (broad SMARTS) is 1. The molecule has 1 unspecified atom stereocenters. The molecular formula is C12H13BrN2O6S. The van der Waals surface area contributed by atoms with E-state index in [1.54, 1.807) is 0 Å². The van der Waals surface area contributed by atoms with E-state index in [4.69, 9.17) is 5.11 Å². The van der Waals surface area contributed by atoms with Crippen LogP contribution in [0.2, 0.25) is 0 Å². The van der Waals surface area contributed by atoms with E-state index in [0.717, 1.165) is 22.5 Å². The van der Waals surface area contributed by atoms with Crippen LogP contribution in [0, 0.1) is 16.0 Å². The van der Waals surface area contributed by atoms with E-state index in [0.29, 0.717) is 12.8 Å². The molecule has 120 valence electrons. The van der Waals surface area contributed by atoms with E-state index in [1.807, 2.05) is 0 Å². The van der Waals surface area contributed by atoms with E-state index in [9.17, 15) is 23.3 Å². The Morgan fingerprint density at radius 3 is 2.68 bits per heavy atom. The molecule has 0 amide bonds. The molecule has 0 spiro atoms. The summed E-state index contributed by atoms with van der Waals surface area (Å²) in [5.74, 6) is -1.75. The first-order valence-electron chi connectivity index (χ1n) is 6.40. The number of carboxylic acids is 1. The van der Waals surface area contributed by atoms with Crippen molar-refractivity contribution < 1.29 is 23.2 Å². The quantitative estimate of drug-likeness (QED) is 0.616. The Morgan fingerprint density at radius 2 is 2.14 bits per heavy atom. The highest BCUT2D eigenvalue weighted by atomic mass is 79.9. The summed E-state index contributed by atoms with van der Waals surface area (Å²) < 4.78 is 26.2. The lowest BCUT2D eigenvalue weighted by Crippen LogP contribution is -2.42. The third kappa shape index (κ3) is 3.28. The van der Waals surface area contributed by atoms with Crippen molar-refractivity contribution in [2.75, 3.05) is 13.1 Å². The van der Waals surface area contributed by atoms with Crippen LogP contribution in [0.3, 0.4) is 0 Å². The van der Waals surface area contributed by atoms with Crippen LogP contribution < -0.4 is 0 Å². The minimum Gasteiger partial charge on any atom is -0.481 e. The van der Waals surface area contributed by atoms with Crippen molar-refractivity contribution in [2.45, 2.75) is 17.7 Å². The number of hydrogen-bond donors (Lipinski definition) is 1. The van der Waals surface area contributed by atoms with Gasteiger partial charge in [-0.3, -0.25) is 14.9 Å². The molecule has 1 aromatic rings. The fraction of sp³-hybridized carbons (Fsp3) is 0.417. The van der Waals surface area contributed by atoms with Crippen LogP contribution >= 0.6 is 15.9 Å². The zero-order valence-corrected chi connectivity index (χ0v) is 13.7. The van der Waals surface area contributed by atoms with Gasteiger partial charge in [0, 0.05) is 19.2 Å². The topological polar surface area (TPSA) is 118 Å². The Morgan fingerprint density at radius 1 is 1.45 bits per heavy atom. The summed E-state index contributed by atoms with van der Waals surface area (Å²) in [6.45, 7) is 0.146. The summed E-state index contributed by atoms with van der Waals surface area (Å²) in [4.78, 5) is 21.1. The second kappa shape index (κ2) is 6.31. The molecule has 10 heteroatoms. The van der Waals surface area contributed by atoms with Crippen molar-refractivity contribution in [2.24, 2.45) is 5.92 Å². The Labute approximate surface area is 135 Å². The molecule has 1 fully saturated rings. The number of benzene rings is 1. The van der Waals surface area contributed by atoms with Crippen LogP contribution in [-0.4, -0.2) is 41.8 Å². The highest BCUT2D eigenvalue weighted by molar-refractivity contribution is 9.10. The molecular weight excluding hydrogens is 380 g/mol. The van der Waals surface area contributed by atoms with Crippen molar-refractivity contribution in [1.82, 2.24) is 4.31 Å². The van der Waals surface area contributed by atoms with Gasteiger partial charge in [0.2, 0.25) is 10.0 Å². The molecule has 2 rings (SSSR count). The van der Waals surface area contributed by atoms with Gasteiger partial charge in [-0.1, -0.05) is 0 Å². The monoisotopic (exact) mass is 392 g/mol. The van der Waals surface area contributed by atoms with E-state index < -0.39 is 26.8 Å². The Balaban J connectivity index is 2.32. The van der Waals surface area contributed by atoms with Gasteiger partial charge in [0.25, 0.3) is 5.69 Å². The number of hydrogen-bond acceptors (Lipinski definition) is 5. The number of carbonyl (C=O) groups is 1. The van der Waals surface area contributed by atoms with Gasteiger partial charge < -0.3 is 5.11 Å². The normalized spacial score (nSPS) is 19.8. The van der Waals surface area contributed by atoms with Gasteiger partial charge in [0.15, 0.2) is 0 Å². The predicted molar refractivity (Wildman–Crippen MR) is 79.9 cm³/mol. The van der Waals surface area contributed by atoms with Gasteiger partial charge in [-0.25, -0.2) is 8.42 Å². The van der Waals surface area contributed by atoms with Crippen LogP contribution in [0.15, 0.2) is 27.6 Å². The minimum absolute atomic E-state index is 0.0605. The highest BCUT2D eigenvalue weighted by Gasteiger charge is 2.33. The number of halogens is 1. The summed E-state index contributed by atoms with van der Waals surface area (Å²) in [6.07, 6.45) is 0.898. The summed E-state index contributed by atoms with van der Waals surface area (Å²) in [6, 6.07) is 3.43. The maximum Gasteiger partial charge on any atom is 0.307 e. The minimum atomic E-state index is -3.88. The maximum absolute atomic E-state index is 12.5. The van der Waals surface area contributed by atoms with Gasteiger partial charge >= 0.3 is 5.97 Å². The number of piperidine rings is 1. The number of sulfonamides is 1. The van der Waals surface area contributed by atoms with Crippen molar-refractivity contribution in [3.05, 3.63) is 32.8 Å². The molecule has 22 heavy (non-hydrogen) atoms. The van der Waals surface area contributed by atoms with Crippen LogP contribution in [0.1, 0.15) is 12.8 Å². The summed E-state index contributed by atoms with van der Waals surface area (Å²) in [7, 11) is -3.88. The van der Waals surface area contributed by atoms with Gasteiger partial charge in [-0.15, -0.1) is 0 Å². The largest absolute Gasteiger partial charge is 0.481 e. The van der Waals surface area contributed by atoms with E-state index in [-0.39, 0.29) is 28.1 Å². The molecule has 0 saturated carbocycles. The molecule has 1 saturated heterocycles. The second-order valence-electron chi connectivity index (χ2n) is 4.91. The smallest absolute Gasteiger partial charge is 0.307 e. The molecule has 1 aliphatic heterocycles. The average molecular weight is 393 g/mol. The van der Waals surface area contributed by atoms with Crippen LogP contribution in [0.25, 0.3) is 0 Å². The van der Waals surface area contributed by atoms with Gasteiger partial charge in [-0.05, 0) is 40.9 Å². The van der Waals surface area contributed by atoms with Gasteiger partial charge in [0.05, 0.1) is 20.2 Å². The molecule has 1 aromatic carbocycles. The lowest BCUT2D eigenvalue weighted by atomic mass is 10.0. The molecule has 1 heterocycles. The average Bonchev–Trinajstić information content (AvgIpc) is 2.46. The third-order valence-corrected chi connectivity index (χ3v) is 5.98. The van der Waals surface area contributed by atoms with Crippen LogP contribution in [-0.2, 0) is 14.8 Å². The lowest BCUT2D eigenvalue weighted by molar-refractivity contribution is -0.385. The molecule has 0 aliphatic carbocycles. The zero-order chi connectivity index (χ0) is 16.5. The van der Waals surface area contributed by atoms with Crippen molar-refractivity contribution in [3.63, 3.8) is 0 Å². The second-order valence-corrected chi connectivity index (χ2v) is 7.70. The van der Waals surface area contributed by atoms with Crippen molar-refractivity contribution in [1.29, 1.82) is 0 Å². The predicted octanol–water partition coefficient (Wildman–Crippen LogP) is 1.84. The molecule has 1 N–H and O–H groups in total. The summed E-state index contributed by atoms with van der Waals surface area (Å²) in [5.41, 5.74) is -0.235. The number of nitrogens with zero attached hydrogens (tertiary/aromatic N) is 2. The standard InChI is InChI=1S/C12H13BrN2O6S/c13-10-6-9(3-4-11(10)15(18)19)22(20,21)14-5-1-2-8(7-14)12(16)17/h3-4,6,8H,1-2,5,7H2,(H,16,17). The van der Waals surface area contributed by atoms with E-state index in [2.05, 4.69) is 15.9 Å². The van der Waals surface area contributed by atoms with Gasteiger partial charge in [-0.2, -0.15) is 4.31 Å². The fourth-order valence-electron chi connectivity index (χ4n) is 2.31. The third-order valence-electron chi connectivity index (χ3n) is 3.49. The molecule has 0 bridgehead atoms. The zero-order valence-electron chi connectivity index (χ0n) is 11.3. The molecule has 1 atom stereocenters. The fourth-order valence-corrected chi connectivity index (χ4v) is 4.53. The van der Waals surface area contributed by atoms with Crippen molar-refractivity contribution >= 4 is 37.6 Å². The first kappa shape index (κ1) is 16.8.